The molecule has 0 bridgehead atoms. The van der Waals surface area contributed by atoms with Crippen LogP contribution in [0.4, 0.5) is 8.78 Å². The van der Waals surface area contributed by atoms with E-state index in [0.29, 0.717) is 18.6 Å². The van der Waals surface area contributed by atoms with Gasteiger partial charge in [0, 0.05) is 6.07 Å². The van der Waals surface area contributed by atoms with Gasteiger partial charge in [0.2, 0.25) is 0 Å². The minimum atomic E-state index is -1.22. The molecule has 1 fully saturated rings. The molecule has 0 radical (unpaired) electrons. The normalized spacial score (nSPS) is 19.4. The molecule has 0 saturated heterocycles. The lowest BCUT2D eigenvalue weighted by atomic mass is 9.87. The van der Waals surface area contributed by atoms with Crippen LogP contribution < -0.4 is 4.74 Å². The highest BCUT2D eigenvalue weighted by Crippen LogP contribution is 2.32. The van der Waals surface area contributed by atoms with Crippen LogP contribution in [-0.2, 0) is 0 Å². The second-order valence-electron chi connectivity index (χ2n) is 4.46. The van der Waals surface area contributed by atoms with Crippen LogP contribution in [-0.4, -0.2) is 12.3 Å². The van der Waals surface area contributed by atoms with E-state index in [1.807, 2.05) is 0 Å². The molecule has 3 heteroatoms. The van der Waals surface area contributed by atoms with Crippen molar-refractivity contribution in [3.63, 3.8) is 0 Å². The summed E-state index contributed by atoms with van der Waals surface area (Å²) in [6.45, 7) is 0.0381. The number of hydrogen-bond donors (Lipinski definition) is 0. The molecule has 1 saturated carbocycles. The average molecular weight is 226 g/mol. The van der Waals surface area contributed by atoms with Gasteiger partial charge in [0.15, 0.2) is 0 Å². The maximum Gasteiger partial charge on any atom is 0.144 e. The van der Waals surface area contributed by atoms with E-state index in [2.05, 4.69) is 0 Å². The van der Waals surface area contributed by atoms with E-state index < -0.39 is 5.67 Å². The van der Waals surface area contributed by atoms with Gasteiger partial charge in [0.1, 0.15) is 23.8 Å². The zero-order valence-corrected chi connectivity index (χ0v) is 9.22. The highest BCUT2D eigenvalue weighted by Gasteiger charge is 2.32. The highest BCUT2D eigenvalue weighted by atomic mass is 19.1. The molecule has 0 heterocycles. The van der Waals surface area contributed by atoms with Crippen molar-refractivity contribution in [1.82, 2.24) is 0 Å². The molecule has 0 unspecified atom stereocenters. The summed E-state index contributed by atoms with van der Waals surface area (Å²) < 4.78 is 32.3. The average Bonchev–Trinajstić information content (AvgIpc) is 2.28. The molecule has 16 heavy (non-hydrogen) atoms. The number of rotatable bonds is 3. The Hall–Kier alpha value is -1.12. The molecule has 1 aliphatic carbocycles. The summed E-state index contributed by atoms with van der Waals surface area (Å²) in [5.41, 5.74) is -1.22. The molecule has 88 valence electrons. The van der Waals surface area contributed by atoms with E-state index in [9.17, 15) is 8.78 Å². The minimum absolute atomic E-state index is 0.0381. The van der Waals surface area contributed by atoms with Gasteiger partial charge in [-0.2, -0.15) is 0 Å². The smallest absolute Gasteiger partial charge is 0.144 e. The second kappa shape index (κ2) is 4.81. The first-order valence-corrected chi connectivity index (χ1v) is 5.75. The molecule has 2 rings (SSSR count). The van der Waals surface area contributed by atoms with Crippen molar-refractivity contribution in [3.05, 3.63) is 30.1 Å². The molecule has 1 aromatic rings. The standard InChI is InChI=1S/C13H16F2O/c14-11-5-4-6-12(9-11)16-10-13(15)7-2-1-3-8-13/h4-6,9H,1-3,7-8,10H2. The Balaban J connectivity index is 1.91. The molecule has 1 aliphatic rings. The zero-order chi connectivity index (χ0) is 11.4. The van der Waals surface area contributed by atoms with E-state index in [1.165, 1.54) is 12.1 Å². The van der Waals surface area contributed by atoms with Gasteiger partial charge in [-0.15, -0.1) is 0 Å². The van der Waals surface area contributed by atoms with Gasteiger partial charge >= 0.3 is 0 Å². The van der Waals surface area contributed by atoms with Crippen LogP contribution in [0.25, 0.3) is 0 Å². The molecule has 0 N–H and O–H groups in total. The number of benzene rings is 1. The van der Waals surface area contributed by atoms with E-state index >= 15 is 0 Å². The quantitative estimate of drug-likeness (QED) is 0.760. The Morgan fingerprint density at radius 1 is 1.19 bits per heavy atom. The molecule has 1 aromatic carbocycles. The van der Waals surface area contributed by atoms with Crippen molar-refractivity contribution < 1.29 is 13.5 Å². The Labute approximate surface area is 94.4 Å². The summed E-state index contributed by atoms with van der Waals surface area (Å²) in [5, 5.41) is 0. The van der Waals surface area contributed by atoms with Gasteiger partial charge in [0.25, 0.3) is 0 Å². The Kier molecular flexibility index (Phi) is 3.42. The monoisotopic (exact) mass is 226 g/mol. The predicted octanol–water partition coefficient (Wildman–Crippen LogP) is 3.88. The van der Waals surface area contributed by atoms with Gasteiger partial charge in [-0.1, -0.05) is 25.3 Å². The molecular formula is C13H16F2O. The van der Waals surface area contributed by atoms with Crippen LogP contribution in [0.5, 0.6) is 5.75 Å². The summed E-state index contributed by atoms with van der Waals surface area (Å²) in [6, 6.07) is 5.84. The van der Waals surface area contributed by atoms with Crippen molar-refractivity contribution in [1.29, 1.82) is 0 Å². The zero-order valence-electron chi connectivity index (χ0n) is 9.22. The van der Waals surface area contributed by atoms with Gasteiger partial charge in [-0.05, 0) is 25.0 Å². The summed E-state index contributed by atoms with van der Waals surface area (Å²) in [7, 11) is 0. The van der Waals surface area contributed by atoms with Crippen molar-refractivity contribution in [2.24, 2.45) is 0 Å². The van der Waals surface area contributed by atoms with Crippen LogP contribution >= 0.6 is 0 Å². The van der Waals surface area contributed by atoms with Crippen LogP contribution in [0, 0.1) is 5.82 Å². The molecule has 0 amide bonds. The van der Waals surface area contributed by atoms with E-state index in [4.69, 9.17) is 4.74 Å². The Bertz CT molecular complexity index is 346. The first-order chi connectivity index (χ1) is 7.68. The fourth-order valence-electron chi connectivity index (χ4n) is 2.10. The number of hydrogen-bond acceptors (Lipinski definition) is 1. The maximum atomic E-state index is 14.1. The molecule has 0 aliphatic heterocycles. The van der Waals surface area contributed by atoms with E-state index in [-0.39, 0.29) is 12.4 Å². The van der Waals surface area contributed by atoms with E-state index in [0.717, 1.165) is 19.3 Å². The third kappa shape index (κ3) is 2.94. The number of alkyl halides is 1. The van der Waals surface area contributed by atoms with Crippen LogP contribution in [0.3, 0.4) is 0 Å². The van der Waals surface area contributed by atoms with Crippen molar-refractivity contribution >= 4 is 0 Å². The molecule has 0 spiro atoms. The van der Waals surface area contributed by atoms with Gasteiger partial charge < -0.3 is 4.74 Å². The van der Waals surface area contributed by atoms with Crippen LogP contribution in [0.1, 0.15) is 32.1 Å². The minimum Gasteiger partial charge on any atom is -0.490 e. The molecule has 1 nitrogen and oxygen atoms in total. The summed E-state index contributed by atoms with van der Waals surface area (Å²) >= 11 is 0. The lowest BCUT2D eigenvalue weighted by Gasteiger charge is -2.29. The first kappa shape index (κ1) is 11.4. The summed E-state index contributed by atoms with van der Waals surface area (Å²) in [4.78, 5) is 0. The Morgan fingerprint density at radius 2 is 1.94 bits per heavy atom. The topological polar surface area (TPSA) is 9.23 Å². The summed E-state index contributed by atoms with van der Waals surface area (Å²) in [6.07, 6.45) is 4.06. The van der Waals surface area contributed by atoms with Gasteiger partial charge in [-0.25, -0.2) is 8.78 Å². The Morgan fingerprint density at radius 3 is 2.62 bits per heavy atom. The number of halogens is 2. The fraction of sp³-hybridized carbons (Fsp3) is 0.538. The summed E-state index contributed by atoms with van der Waals surface area (Å²) in [5.74, 6) is 0.0525. The fourth-order valence-corrected chi connectivity index (χ4v) is 2.10. The molecule has 0 atom stereocenters. The van der Waals surface area contributed by atoms with Gasteiger partial charge in [0.05, 0.1) is 0 Å². The van der Waals surface area contributed by atoms with Crippen LogP contribution in [0.2, 0.25) is 0 Å². The number of ether oxygens (including phenoxy) is 1. The van der Waals surface area contributed by atoms with E-state index in [1.54, 1.807) is 12.1 Å². The lowest BCUT2D eigenvalue weighted by Crippen LogP contribution is -2.33. The van der Waals surface area contributed by atoms with Crippen molar-refractivity contribution in [2.75, 3.05) is 6.61 Å². The third-order valence-corrected chi connectivity index (χ3v) is 3.04. The van der Waals surface area contributed by atoms with Crippen LogP contribution in [0.15, 0.2) is 24.3 Å². The SMILES string of the molecule is Fc1cccc(OCC2(F)CCCCC2)c1. The predicted molar refractivity (Wildman–Crippen MR) is 58.8 cm³/mol. The largest absolute Gasteiger partial charge is 0.490 e. The second-order valence-corrected chi connectivity index (χ2v) is 4.46. The molecule has 0 aromatic heterocycles. The maximum absolute atomic E-state index is 14.1. The van der Waals surface area contributed by atoms with Crippen molar-refractivity contribution in [3.8, 4) is 5.75 Å². The highest BCUT2D eigenvalue weighted by molar-refractivity contribution is 5.22. The first-order valence-electron chi connectivity index (χ1n) is 5.75. The van der Waals surface area contributed by atoms with Crippen molar-refractivity contribution in [2.45, 2.75) is 37.8 Å². The van der Waals surface area contributed by atoms with Gasteiger partial charge in [-0.3, -0.25) is 0 Å². The lowest BCUT2D eigenvalue weighted by molar-refractivity contribution is 0.0474. The third-order valence-electron chi connectivity index (χ3n) is 3.04. The molecular weight excluding hydrogens is 210 g/mol.